The van der Waals surface area contributed by atoms with E-state index in [1.165, 1.54) is 12.0 Å². The van der Waals surface area contributed by atoms with Gasteiger partial charge in [0.05, 0.1) is 13.2 Å². The molecular weight excluding hydrogens is 200 g/mol. The molecule has 0 N–H and O–H groups in total. The Morgan fingerprint density at radius 2 is 2.12 bits per heavy atom. The molecule has 1 aromatic carbocycles. The third-order valence-corrected chi connectivity index (χ3v) is 3.43. The first-order valence-corrected chi connectivity index (χ1v) is 6.02. The van der Waals surface area contributed by atoms with E-state index in [-0.39, 0.29) is 0 Å². The Labute approximate surface area is 97.6 Å². The summed E-state index contributed by atoms with van der Waals surface area (Å²) >= 11 is 0. The molecule has 2 rings (SSSR count). The standard InChI is InChI=1S/C14H20O2/c1-12-7-6-10-15-14(12,2)16-11-13-8-4-3-5-9-13/h3-5,8-9,12H,6-7,10-11H2,1-2H3. The second kappa shape index (κ2) is 4.98. The van der Waals surface area contributed by atoms with Crippen LogP contribution < -0.4 is 0 Å². The van der Waals surface area contributed by atoms with E-state index in [2.05, 4.69) is 26.0 Å². The number of ether oxygens (including phenoxy) is 2. The molecule has 0 saturated carbocycles. The van der Waals surface area contributed by atoms with Crippen molar-refractivity contribution >= 4 is 0 Å². The molecule has 2 atom stereocenters. The van der Waals surface area contributed by atoms with E-state index >= 15 is 0 Å². The summed E-state index contributed by atoms with van der Waals surface area (Å²) in [5.41, 5.74) is 1.20. The molecule has 1 aromatic rings. The lowest BCUT2D eigenvalue weighted by Crippen LogP contribution is -2.42. The van der Waals surface area contributed by atoms with Crippen molar-refractivity contribution in [2.75, 3.05) is 6.61 Å². The summed E-state index contributed by atoms with van der Waals surface area (Å²) in [6.07, 6.45) is 2.33. The van der Waals surface area contributed by atoms with Gasteiger partial charge in [-0.15, -0.1) is 0 Å². The van der Waals surface area contributed by atoms with E-state index in [1.54, 1.807) is 0 Å². The molecule has 1 aliphatic rings. The molecular formula is C14H20O2. The Balaban J connectivity index is 1.93. The maximum Gasteiger partial charge on any atom is 0.168 e. The molecule has 2 unspecified atom stereocenters. The summed E-state index contributed by atoms with van der Waals surface area (Å²) in [4.78, 5) is 0. The lowest BCUT2D eigenvalue weighted by Gasteiger charge is -2.39. The Morgan fingerprint density at radius 3 is 2.81 bits per heavy atom. The maximum atomic E-state index is 5.95. The number of hydrogen-bond acceptors (Lipinski definition) is 2. The van der Waals surface area contributed by atoms with Gasteiger partial charge in [-0.3, -0.25) is 0 Å². The van der Waals surface area contributed by atoms with Gasteiger partial charge in [0.2, 0.25) is 0 Å². The summed E-state index contributed by atoms with van der Waals surface area (Å²) in [5, 5.41) is 0. The molecule has 16 heavy (non-hydrogen) atoms. The molecule has 0 bridgehead atoms. The predicted molar refractivity (Wildman–Crippen MR) is 64.0 cm³/mol. The lowest BCUT2D eigenvalue weighted by atomic mass is 9.94. The van der Waals surface area contributed by atoms with Gasteiger partial charge in [0.1, 0.15) is 0 Å². The summed E-state index contributed by atoms with van der Waals surface area (Å²) in [7, 11) is 0. The number of hydrogen-bond donors (Lipinski definition) is 0. The van der Waals surface area contributed by atoms with E-state index in [1.807, 2.05) is 18.2 Å². The van der Waals surface area contributed by atoms with E-state index in [0.717, 1.165) is 13.0 Å². The van der Waals surface area contributed by atoms with Crippen LogP contribution >= 0.6 is 0 Å². The Bertz CT molecular complexity index is 323. The average Bonchev–Trinajstić information content (AvgIpc) is 2.32. The fourth-order valence-electron chi connectivity index (χ4n) is 2.05. The highest BCUT2D eigenvalue weighted by atomic mass is 16.7. The van der Waals surface area contributed by atoms with Crippen LogP contribution in [0.3, 0.4) is 0 Å². The third kappa shape index (κ3) is 2.63. The van der Waals surface area contributed by atoms with Gasteiger partial charge in [0.25, 0.3) is 0 Å². The van der Waals surface area contributed by atoms with Crippen LogP contribution in [-0.2, 0) is 16.1 Å². The van der Waals surface area contributed by atoms with Gasteiger partial charge >= 0.3 is 0 Å². The Morgan fingerprint density at radius 1 is 1.38 bits per heavy atom. The zero-order valence-corrected chi connectivity index (χ0v) is 10.1. The minimum absolute atomic E-state index is 0.409. The summed E-state index contributed by atoms with van der Waals surface area (Å²) in [5.74, 6) is 0.0543. The zero-order chi connectivity index (χ0) is 11.4. The molecule has 1 aliphatic heterocycles. The second-order valence-corrected chi connectivity index (χ2v) is 4.68. The molecule has 1 saturated heterocycles. The van der Waals surface area contributed by atoms with Gasteiger partial charge in [-0.2, -0.15) is 0 Å². The van der Waals surface area contributed by atoms with Gasteiger partial charge in [0, 0.05) is 5.92 Å². The van der Waals surface area contributed by atoms with E-state index in [4.69, 9.17) is 9.47 Å². The topological polar surface area (TPSA) is 18.5 Å². The van der Waals surface area contributed by atoms with Crippen molar-refractivity contribution < 1.29 is 9.47 Å². The van der Waals surface area contributed by atoms with Crippen LogP contribution in [0.4, 0.5) is 0 Å². The second-order valence-electron chi connectivity index (χ2n) is 4.68. The van der Waals surface area contributed by atoms with Gasteiger partial charge in [-0.05, 0) is 25.3 Å². The first kappa shape index (κ1) is 11.6. The highest BCUT2D eigenvalue weighted by Crippen LogP contribution is 2.32. The van der Waals surface area contributed by atoms with Crippen LogP contribution in [-0.4, -0.2) is 12.4 Å². The fourth-order valence-corrected chi connectivity index (χ4v) is 2.05. The Kier molecular flexibility index (Phi) is 3.62. The quantitative estimate of drug-likeness (QED) is 0.777. The highest BCUT2D eigenvalue weighted by molar-refractivity contribution is 5.13. The minimum Gasteiger partial charge on any atom is -0.350 e. The first-order valence-electron chi connectivity index (χ1n) is 6.02. The van der Waals surface area contributed by atoms with Crippen molar-refractivity contribution in [2.24, 2.45) is 5.92 Å². The smallest absolute Gasteiger partial charge is 0.168 e. The molecule has 2 nitrogen and oxygen atoms in total. The van der Waals surface area contributed by atoms with Gasteiger partial charge in [-0.1, -0.05) is 37.3 Å². The lowest BCUT2D eigenvalue weighted by molar-refractivity contribution is -0.275. The fraction of sp³-hybridized carbons (Fsp3) is 0.571. The predicted octanol–water partition coefficient (Wildman–Crippen LogP) is 3.37. The summed E-state index contributed by atoms with van der Waals surface area (Å²) in [6, 6.07) is 10.2. The van der Waals surface area contributed by atoms with Gasteiger partial charge in [-0.25, -0.2) is 0 Å². The SMILES string of the molecule is CC1CCCOC1(C)OCc1ccccc1. The van der Waals surface area contributed by atoms with Crippen LogP contribution in [0.5, 0.6) is 0 Å². The molecule has 0 aliphatic carbocycles. The zero-order valence-electron chi connectivity index (χ0n) is 10.1. The Hall–Kier alpha value is -0.860. The number of benzene rings is 1. The van der Waals surface area contributed by atoms with Crippen molar-refractivity contribution in [3.05, 3.63) is 35.9 Å². The first-order chi connectivity index (χ1) is 7.71. The van der Waals surface area contributed by atoms with Crippen molar-refractivity contribution in [3.8, 4) is 0 Å². The molecule has 2 heteroatoms. The van der Waals surface area contributed by atoms with Crippen LogP contribution in [0.15, 0.2) is 30.3 Å². The van der Waals surface area contributed by atoms with E-state index in [0.29, 0.717) is 12.5 Å². The molecule has 0 amide bonds. The molecule has 88 valence electrons. The van der Waals surface area contributed by atoms with Crippen LogP contribution in [0.25, 0.3) is 0 Å². The van der Waals surface area contributed by atoms with Crippen molar-refractivity contribution in [3.63, 3.8) is 0 Å². The van der Waals surface area contributed by atoms with E-state index in [9.17, 15) is 0 Å². The largest absolute Gasteiger partial charge is 0.350 e. The summed E-state index contributed by atoms with van der Waals surface area (Å²) < 4.78 is 11.7. The van der Waals surface area contributed by atoms with Crippen molar-refractivity contribution in [1.29, 1.82) is 0 Å². The van der Waals surface area contributed by atoms with Crippen LogP contribution in [0.2, 0.25) is 0 Å². The molecule has 0 spiro atoms. The van der Waals surface area contributed by atoms with Crippen molar-refractivity contribution in [1.82, 2.24) is 0 Å². The normalized spacial score (nSPS) is 30.2. The molecule has 1 fully saturated rings. The van der Waals surface area contributed by atoms with Crippen molar-refractivity contribution in [2.45, 2.75) is 39.1 Å². The minimum atomic E-state index is -0.409. The van der Waals surface area contributed by atoms with Crippen LogP contribution in [0, 0.1) is 5.92 Å². The van der Waals surface area contributed by atoms with Crippen LogP contribution in [0.1, 0.15) is 32.3 Å². The monoisotopic (exact) mass is 220 g/mol. The molecule has 0 radical (unpaired) electrons. The highest BCUT2D eigenvalue weighted by Gasteiger charge is 2.35. The molecule has 1 heterocycles. The molecule has 0 aromatic heterocycles. The summed E-state index contributed by atoms with van der Waals surface area (Å²) in [6.45, 7) is 5.70. The third-order valence-electron chi connectivity index (χ3n) is 3.43. The maximum absolute atomic E-state index is 5.95. The van der Waals surface area contributed by atoms with Gasteiger partial charge < -0.3 is 9.47 Å². The number of rotatable bonds is 3. The van der Waals surface area contributed by atoms with Gasteiger partial charge in [0.15, 0.2) is 5.79 Å². The van der Waals surface area contributed by atoms with E-state index < -0.39 is 5.79 Å². The average molecular weight is 220 g/mol.